The van der Waals surface area contributed by atoms with Crippen molar-refractivity contribution >= 4 is 23.2 Å². The van der Waals surface area contributed by atoms with Crippen molar-refractivity contribution in [3.05, 3.63) is 22.4 Å². The van der Waals surface area contributed by atoms with Crippen LogP contribution in [0.1, 0.15) is 22.5 Å². The van der Waals surface area contributed by atoms with E-state index in [4.69, 9.17) is 0 Å². The van der Waals surface area contributed by atoms with E-state index in [0.717, 1.165) is 19.4 Å². The molecule has 1 aromatic rings. The Morgan fingerprint density at radius 3 is 2.94 bits per heavy atom. The molecule has 1 fully saturated rings. The van der Waals surface area contributed by atoms with E-state index in [1.165, 1.54) is 11.3 Å². The highest BCUT2D eigenvalue weighted by Crippen LogP contribution is 2.07. The van der Waals surface area contributed by atoms with E-state index in [2.05, 4.69) is 16.2 Å². The number of hydrogen-bond acceptors (Lipinski definition) is 4. The largest absolute Gasteiger partial charge is 0.306 e. The number of nitrogens with one attached hydrogen (secondary N) is 3. The number of thiophene rings is 1. The van der Waals surface area contributed by atoms with Crippen molar-refractivity contribution in [3.63, 3.8) is 0 Å². The van der Waals surface area contributed by atoms with Crippen molar-refractivity contribution in [1.82, 2.24) is 16.2 Å². The lowest BCUT2D eigenvalue weighted by Crippen LogP contribution is -2.48. The lowest BCUT2D eigenvalue weighted by atomic mass is 10.2. The number of carbonyl (C=O) groups excluding carboxylic acids is 2. The molecule has 16 heavy (non-hydrogen) atoms. The van der Waals surface area contributed by atoms with E-state index >= 15 is 0 Å². The summed E-state index contributed by atoms with van der Waals surface area (Å²) in [5, 5.41) is 4.87. The zero-order valence-corrected chi connectivity index (χ0v) is 9.47. The van der Waals surface area contributed by atoms with Crippen LogP contribution in [0.4, 0.5) is 0 Å². The van der Waals surface area contributed by atoms with E-state index in [1.807, 2.05) is 5.38 Å². The second-order valence-corrected chi connectivity index (χ2v) is 4.52. The van der Waals surface area contributed by atoms with Crippen LogP contribution >= 0.6 is 11.3 Å². The Kier molecular flexibility index (Phi) is 3.53. The average molecular weight is 239 g/mol. The van der Waals surface area contributed by atoms with Gasteiger partial charge in [-0.15, -0.1) is 11.3 Å². The normalized spacial score (nSPS) is 19.4. The maximum Gasteiger partial charge on any atom is 0.279 e. The molecule has 0 spiro atoms. The molecule has 1 aliphatic rings. The van der Waals surface area contributed by atoms with Gasteiger partial charge in [-0.3, -0.25) is 20.4 Å². The maximum atomic E-state index is 11.5. The zero-order chi connectivity index (χ0) is 11.4. The second kappa shape index (κ2) is 5.09. The van der Waals surface area contributed by atoms with Crippen molar-refractivity contribution in [2.45, 2.75) is 18.9 Å². The molecule has 0 saturated carbocycles. The van der Waals surface area contributed by atoms with Gasteiger partial charge in [-0.25, -0.2) is 0 Å². The SMILES string of the molecule is O=C(NNC(=O)C1CCCN1)c1cccs1. The molecule has 6 heteroatoms. The summed E-state index contributed by atoms with van der Waals surface area (Å²) in [6.07, 6.45) is 1.82. The van der Waals surface area contributed by atoms with Gasteiger partial charge in [-0.1, -0.05) is 6.07 Å². The Balaban J connectivity index is 1.79. The van der Waals surface area contributed by atoms with E-state index < -0.39 is 0 Å². The third kappa shape index (κ3) is 2.59. The number of carbonyl (C=O) groups is 2. The number of hydrogen-bond donors (Lipinski definition) is 3. The highest BCUT2D eigenvalue weighted by atomic mass is 32.1. The summed E-state index contributed by atoms with van der Waals surface area (Å²) < 4.78 is 0. The summed E-state index contributed by atoms with van der Waals surface area (Å²) in [7, 11) is 0. The molecular formula is C10H13N3O2S. The fourth-order valence-electron chi connectivity index (χ4n) is 1.58. The minimum atomic E-state index is -0.277. The van der Waals surface area contributed by atoms with Gasteiger partial charge in [0.1, 0.15) is 0 Å². The van der Waals surface area contributed by atoms with Crippen LogP contribution in [0.3, 0.4) is 0 Å². The van der Waals surface area contributed by atoms with Gasteiger partial charge in [0.2, 0.25) is 0 Å². The monoisotopic (exact) mass is 239 g/mol. The molecule has 0 aliphatic carbocycles. The van der Waals surface area contributed by atoms with Crippen molar-refractivity contribution in [3.8, 4) is 0 Å². The van der Waals surface area contributed by atoms with Gasteiger partial charge < -0.3 is 5.32 Å². The maximum absolute atomic E-state index is 11.5. The predicted octanol–water partition coefficient (Wildman–Crippen LogP) is 0.261. The molecular weight excluding hydrogens is 226 g/mol. The van der Waals surface area contributed by atoms with Crippen LogP contribution < -0.4 is 16.2 Å². The quantitative estimate of drug-likeness (QED) is 0.648. The number of amides is 2. The summed E-state index contributed by atoms with van der Waals surface area (Å²) in [5.41, 5.74) is 4.81. The zero-order valence-electron chi connectivity index (χ0n) is 8.66. The van der Waals surface area contributed by atoms with Gasteiger partial charge in [0.05, 0.1) is 10.9 Å². The van der Waals surface area contributed by atoms with Gasteiger partial charge in [0, 0.05) is 0 Å². The minimum absolute atomic E-state index is 0.177. The van der Waals surface area contributed by atoms with Gasteiger partial charge in [0.15, 0.2) is 0 Å². The van der Waals surface area contributed by atoms with Gasteiger partial charge >= 0.3 is 0 Å². The van der Waals surface area contributed by atoms with E-state index in [9.17, 15) is 9.59 Å². The molecule has 1 atom stereocenters. The van der Waals surface area contributed by atoms with Gasteiger partial charge in [-0.2, -0.15) is 0 Å². The van der Waals surface area contributed by atoms with Crippen molar-refractivity contribution in [2.24, 2.45) is 0 Å². The van der Waals surface area contributed by atoms with Crippen molar-refractivity contribution in [2.75, 3.05) is 6.54 Å². The molecule has 1 unspecified atom stereocenters. The van der Waals surface area contributed by atoms with Crippen LogP contribution in [0.5, 0.6) is 0 Å². The Morgan fingerprint density at radius 2 is 2.31 bits per heavy atom. The van der Waals surface area contributed by atoms with E-state index in [-0.39, 0.29) is 17.9 Å². The predicted molar refractivity (Wildman–Crippen MR) is 61.0 cm³/mol. The standard InChI is InChI=1S/C10H13N3O2S/c14-9(7-3-1-5-11-7)12-13-10(15)8-4-2-6-16-8/h2,4,6-7,11H,1,3,5H2,(H,12,14)(H,13,15). The number of hydrazine groups is 1. The summed E-state index contributed by atoms with van der Waals surface area (Å²) >= 11 is 1.34. The molecule has 0 aromatic carbocycles. The Morgan fingerprint density at radius 1 is 1.44 bits per heavy atom. The highest BCUT2D eigenvalue weighted by molar-refractivity contribution is 7.12. The van der Waals surface area contributed by atoms with Crippen LogP contribution in [-0.4, -0.2) is 24.4 Å². The third-order valence-corrected chi connectivity index (χ3v) is 3.29. The van der Waals surface area contributed by atoms with Crippen LogP contribution in [0.2, 0.25) is 0 Å². The van der Waals surface area contributed by atoms with Crippen molar-refractivity contribution in [1.29, 1.82) is 0 Å². The third-order valence-electron chi connectivity index (χ3n) is 2.42. The molecule has 0 bridgehead atoms. The lowest BCUT2D eigenvalue weighted by Gasteiger charge is -2.11. The second-order valence-electron chi connectivity index (χ2n) is 3.57. The number of rotatable bonds is 2. The molecule has 1 aliphatic heterocycles. The topological polar surface area (TPSA) is 70.2 Å². The fraction of sp³-hybridized carbons (Fsp3) is 0.400. The molecule has 2 heterocycles. The van der Waals surface area contributed by atoms with Crippen LogP contribution in [0.25, 0.3) is 0 Å². The average Bonchev–Trinajstić information content (AvgIpc) is 2.95. The Labute approximate surface area is 97.2 Å². The summed E-state index contributed by atoms with van der Waals surface area (Å²) in [5.74, 6) is -0.455. The first kappa shape index (κ1) is 11.1. The first-order valence-corrected chi connectivity index (χ1v) is 6.02. The molecule has 2 rings (SSSR count). The molecule has 1 saturated heterocycles. The summed E-state index contributed by atoms with van der Waals surface area (Å²) in [6, 6.07) is 3.32. The molecule has 86 valence electrons. The minimum Gasteiger partial charge on any atom is -0.306 e. The van der Waals surface area contributed by atoms with Gasteiger partial charge in [-0.05, 0) is 30.8 Å². The highest BCUT2D eigenvalue weighted by Gasteiger charge is 2.22. The fourth-order valence-corrected chi connectivity index (χ4v) is 2.20. The van der Waals surface area contributed by atoms with E-state index in [1.54, 1.807) is 12.1 Å². The van der Waals surface area contributed by atoms with Crippen molar-refractivity contribution < 1.29 is 9.59 Å². The molecule has 5 nitrogen and oxygen atoms in total. The Hall–Kier alpha value is -1.40. The smallest absolute Gasteiger partial charge is 0.279 e. The first-order valence-electron chi connectivity index (χ1n) is 5.14. The summed E-state index contributed by atoms with van der Waals surface area (Å²) in [6.45, 7) is 0.858. The van der Waals surface area contributed by atoms with Gasteiger partial charge in [0.25, 0.3) is 11.8 Å². The van der Waals surface area contributed by atoms with Crippen LogP contribution in [0, 0.1) is 0 Å². The van der Waals surface area contributed by atoms with Crippen LogP contribution in [0.15, 0.2) is 17.5 Å². The lowest BCUT2D eigenvalue weighted by molar-refractivity contribution is -0.123. The molecule has 0 radical (unpaired) electrons. The first-order chi connectivity index (χ1) is 7.77. The van der Waals surface area contributed by atoms with Crippen LogP contribution in [-0.2, 0) is 4.79 Å². The van der Waals surface area contributed by atoms with E-state index in [0.29, 0.717) is 4.88 Å². The molecule has 3 N–H and O–H groups in total. The summed E-state index contributed by atoms with van der Waals surface area (Å²) in [4.78, 5) is 23.6. The Bertz CT molecular complexity index is 371. The molecule has 2 amide bonds. The molecule has 1 aromatic heterocycles.